The van der Waals surface area contributed by atoms with Gasteiger partial charge < -0.3 is 15.4 Å². The molecule has 0 aliphatic carbocycles. The Kier molecular flexibility index (Phi) is 6.57. The van der Waals surface area contributed by atoms with Gasteiger partial charge in [-0.05, 0) is 17.7 Å². The molecule has 2 aromatic rings. The maximum Gasteiger partial charge on any atom is 0.229 e. The number of nitrogens with one attached hydrogen (secondary N) is 2. The summed E-state index contributed by atoms with van der Waals surface area (Å²) in [5.41, 5.74) is 1.60. The van der Waals surface area contributed by atoms with E-state index in [1.807, 2.05) is 13.2 Å². The fourth-order valence-corrected chi connectivity index (χ4v) is 3.64. The molecule has 25 heavy (non-hydrogen) atoms. The Labute approximate surface area is 162 Å². The van der Waals surface area contributed by atoms with E-state index >= 15 is 0 Å². The highest BCUT2D eigenvalue weighted by molar-refractivity contribution is 6.37. The van der Waals surface area contributed by atoms with Crippen molar-refractivity contribution in [2.45, 2.75) is 5.92 Å². The van der Waals surface area contributed by atoms with E-state index in [2.05, 4.69) is 15.7 Å². The van der Waals surface area contributed by atoms with Crippen LogP contribution >= 0.6 is 35.6 Å². The Morgan fingerprint density at radius 3 is 2.60 bits per heavy atom. The minimum Gasteiger partial charge on any atom is -0.494 e. The average molecular weight is 406 g/mol. The number of anilines is 1. The molecule has 0 unspecified atom stereocenters. The molecule has 1 aliphatic rings. The Hall–Kier alpha value is -1.47. The molecule has 0 radical (unpaired) electrons. The second kappa shape index (κ2) is 8.27. The van der Waals surface area contributed by atoms with Crippen molar-refractivity contribution >= 4 is 47.2 Å². The van der Waals surface area contributed by atoms with Crippen LogP contribution in [-0.4, -0.2) is 35.9 Å². The van der Waals surface area contributed by atoms with Crippen molar-refractivity contribution in [3.8, 4) is 5.75 Å². The van der Waals surface area contributed by atoms with Crippen LogP contribution in [0.4, 0.5) is 5.69 Å². The number of hydrogen-bond donors (Lipinski definition) is 2. The highest BCUT2D eigenvalue weighted by Gasteiger charge is 2.34. The smallest absolute Gasteiger partial charge is 0.229 e. The largest absolute Gasteiger partial charge is 0.494 e. The molecule has 2 heterocycles. The van der Waals surface area contributed by atoms with Crippen LogP contribution < -0.4 is 15.4 Å². The van der Waals surface area contributed by atoms with E-state index in [0.29, 0.717) is 28.0 Å². The second-order valence-corrected chi connectivity index (χ2v) is 6.60. The molecule has 1 fully saturated rings. The number of halogens is 3. The summed E-state index contributed by atoms with van der Waals surface area (Å²) in [5, 5.41) is 11.1. The first-order valence-corrected chi connectivity index (χ1v) is 8.28. The van der Waals surface area contributed by atoms with Gasteiger partial charge in [-0.2, -0.15) is 5.10 Å². The second-order valence-electron chi connectivity index (χ2n) is 5.78. The molecule has 0 bridgehead atoms. The number of carbonyl (C=O) groups excluding carboxylic acids is 1. The molecule has 1 aromatic carbocycles. The lowest BCUT2D eigenvalue weighted by molar-refractivity contribution is -0.119. The zero-order valence-electron chi connectivity index (χ0n) is 13.8. The molecule has 1 aromatic heterocycles. The third-order valence-electron chi connectivity index (χ3n) is 4.17. The van der Waals surface area contributed by atoms with Gasteiger partial charge in [0, 0.05) is 37.9 Å². The lowest BCUT2D eigenvalue weighted by Crippen LogP contribution is -2.28. The van der Waals surface area contributed by atoms with Crippen molar-refractivity contribution in [2.75, 3.05) is 25.5 Å². The quantitative estimate of drug-likeness (QED) is 0.820. The van der Waals surface area contributed by atoms with Gasteiger partial charge in [-0.25, -0.2) is 0 Å². The van der Waals surface area contributed by atoms with Gasteiger partial charge in [0.2, 0.25) is 5.91 Å². The van der Waals surface area contributed by atoms with Gasteiger partial charge in [-0.1, -0.05) is 23.2 Å². The molecule has 0 saturated carbocycles. The van der Waals surface area contributed by atoms with Gasteiger partial charge >= 0.3 is 0 Å². The lowest BCUT2D eigenvalue weighted by atomic mass is 9.90. The van der Waals surface area contributed by atoms with Gasteiger partial charge in [0.25, 0.3) is 0 Å². The molecule has 1 amide bonds. The minimum absolute atomic E-state index is 0. The number of amides is 1. The van der Waals surface area contributed by atoms with Crippen molar-refractivity contribution < 1.29 is 9.53 Å². The number of nitrogens with zero attached hydrogens (tertiary/aromatic N) is 2. The molecule has 2 atom stereocenters. The summed E-state index contributed by atoms with van der Waals surface area (Å²) in [6.07, 6.45) is 3.75. The van der Waals surface area contributed by atoms with Crippen molar-refractivity contribution in [3.63, 3.8) is 0 Å². The summed E-state index contributed by atoms with van der Waals surface area (Å²) in [7, 11) is 3.36. The fraction of sp³-hybridized carbons (Fsp3) is 0.375. The summed E-state index contributed by atoms with van der Waals surface area (Å²) in [5.74, 6) is 0.218. The minimum atomic E-state index is -0.186. The third kappa shape index (κ3) is 4.20. The summed E-state index contributed by atoms with van der Waals surface area (Å²) < 4.78 is 6.86. The Morgan fingerprint density at radius 1 is 1.36 bits per heavy atom. The monoisotopic (exact) mass is 404 g/mol. The van der Waals surface area contributed by atoms with Crippen molar-refractivity contribution in [1.29, 1.82) is 0 Å². The molecular formula is C16H19Cl3N4O2. The van der Waals surface area contributed by atoms with Crippen molar-refractivity contribution in [1.82, 2.24) is 15.1 Å². The predicted molar refractivity (Wildman–Crippen MR) is 101 cm³/mol. The number of aryl methyl sites for hydroxylation is 1. The van der Waals surface area contributed by atoms with Crippen LogP contribution in [-0.2, 0) is 11.8 Å². The molecular weight excluding hydrogens is 387 g/mol. The lowest BCUT2D eigenvalue weighted by Gasteiger charge is -2.17. The molecule has 1 saturated heterocycles. The van der Waals surface area contributed by atoms with Crippen LogP contribution in [0.25, 0.3) is 0 Å². The van der Waals surface area contributed by atoms with E-state index < -0.39 is 0 Å². The first kappa shape index (κ1) is 19.8. The Balaban J connectivity index is 0.00000225. The maximum absolute atomic E-state index is 12.7. The first-order chi connectivity index (χ1) is 11.5. The Morgan fingerprint density at radius 2 is 2.04 bits per heavy atom. The molecule has 136 valence electrons. The normalized spacial score (nSPS) is 19.4. The first-order valence-electron chi connectivity index (χ1n) is 7.52. The molecule has 9 heteroatoms. The summed E-state index contributed by atoms with van der Waals surface area (Å²) in [6.45, 7) is 1.36. The van der Waals surface area contributed by atoms with Crippen LogP contribution in [0.5, 0.6) is 5.75 Å². The highest BCUT2D eigenvalue weighted by atomic mass is 35.5. The van der Waals surface area contributed by atoms with Crippen LogP contribution in [0, 0.1) is 5.92 Å². The van der Waals surface area contributed by atoms with Crippen LogP contribution in [0.2, 0.25) is 10.0 Å². The van der Waals surface area contributed by atoms with Gasteiger partial charge in [0.15, 0.2) is 5.75 Å². The van der Waals surface area contributed by atoms with Crippen molar-refractivity contribution in [3.05, 3.63) is 40.1 Å². The topological polar surface area (TPSA) is 68.2 Å². The van der Waals surface area contributed by atoms with Gasteiger partial charge in [0.05, 0.1) is 29.3 Å². The number of hydrogen-bond acceptors (Lipinski definition) is 4. The van der Waals surface area contributed by atoms with E-state index in [1.54, 1.807) is 23.0 Å². The highest BCUT2D eigenvalue weighted by Crippen LogP contribution is 2.36. The standard InChI is InChI=1S/C16H18Cl2N4O2.ClH/c1-22-8-9(5-20-22)11-6-19-7-12(11)16(23)21-10-3-13(17)15(24-2)14(18)4-10;/h3-5,8,11-12,19H,6-7H2,1-2H3,(H,21,23);1H/t11-,12+;/m1./s1. The summed E-state index contributed by atoms with van der Waals surface area (Å²) >= 11 is 12.2. The summed E-state index contributed by atoms with van der Waals surface area (Å²) in [4.78, 5) is 12.7. The number of methoxy groups -OCH3 is 1. The zero-order chi connectivity index (χ0) is 17.3. The van der Waals surface area contributed by atoms with Crippen LogP contribution in [0.1, 0.15) is 11.5 Å². The predicted octanol–water partition coefficient (Wildman–Crippen LogP) is 3.10. The Bertz CT molecular complexity index is 743. The van der Waals surface area contributed by atoms with Gasteiger partial charge in [-0.15, -0.1) is 12.4 Å². The number of rotatable bonds is 4. The van der Waals surface area contributed by atoms with E-state index in [9.17, 15) is 4.79 Å². The van der Waals surface area contributed by atoms with Gasteiger partial charge in [-0.3, -0.25) is 9.48 Å². The fourth-order valence-electron chi connectivity index (χ4n) is 3.00. The van der Waals surface area contributed by atoms with E-state index in [1.165, 1.54) is 7.11 Å². The SMILES string of the molecule is COc1c(Cl)cc(NC(=O)[C@H]2CNC[C@@H]2c2cnn(C)c2)cc1Cl.Cl. The number of benzene rings is 1. The van der Waals surface area contributed by atoms with E-state index in [0.717, 1.165) is 12.1 Å². The number of ether oxygens (including phenoxy) is 1. The van der Waals surface area contributed by atoms with E-state index in [-0.39, 0.29) is 30.2 Å². The molecule has 1 aliphatic heterocycles. The van der Waals surface area contributed by atoms with Gasteiger partial charge in [0.1, 0.15) is 0 Å². The molecule has 2 N–H and O–H groups in total. The number of aromatic nitrogens is 2. The third-order valence-corrected chi connectivity index (χ3v) is 4.74. The van der Waals surface area contributed by atoms with E-state index in [4.69, 9.17) is 27.9 Å². The molecule has 0 spiro atoms. The number of carbonyl (C=O) groups is 1. The average Bonchev–Trinajstić information content (AvgIpc) is 3.15. The maximum atomic E-state index is 12.7. The molecule has 3 rings (SSSR count). The van der Waals surface area contributed by atoms with Crippen LogP contribution in [0.15, 0.2) is 24.5 Å². The molecule has 6 nitrogen and oxygen atoms in total. The summed E-state index contributed by atoms with van der Waals surface area (Å²) in [6, 6.07) is 3.26. The van der Waals surface area contributed by atoms with Crippen molar-refractivity contribution in [2.24, 2.45) is 13.0 Å². The zero-order valence-corrected chi connectivity index (χ0v) is 16.1. The van der Waals surface area contributed by atoms with Crippen LogP contribution in [0.3, 0.4) is 0 Å².